The Morgan fingerprint density at radius 1 is 1.07 bits per heavy atom. The molecule has 5 heteroatoms. The van der Waals surface area contributed by atoms with Crippen molar-refractivity contribution >= 4 is 16.9 Å². The summed E-state index contributed by atoms with van der Waals surface area (Å²) in [6.45, 7) is 15.7. The van der Waals surface area contributed by atoms with Crippen LogP contribution in [-0.2, 0) is 6.42 Å². The SMILES string of the molecule is C=C(C#N)C1=CNc2c(cc(F)c(N3CCC(CC)C3)c2C#CCc2ccc(-c3ccc(F)cc3)cc2)C1=C.CC. The van der Waals surface area contributed by atoms with E-state index < -0.39 is 0 Å². The van der Waals surface area contributed by atoms with Gasteiger partial charge in [-0.25, -0.2) is 8.78 Å². The molecule has 0 saturated carbocycles. The zero-order chi connectivity index (χ0) is 29.5. The van der Waals surface area contributed by atoms with Crippen molar-refractivity contribution in [2.24, 2.45) is 5.92 Å². The number of hydrogen-bond acceptors (Lipinski definition) is 3. The summed E-state index contributed by atoms with van der Waals surface area (Å²) in [6.07, 6.45) is 4.26. The molecule has 1 unspecified atom stereocenters. The third-order valence-electron chi connectivity index (χ3n) is 7.54. The number of nitrogens with one attached hydrogen (secondary N) is 1. The molecule has 3 aromatic rings. The van der Waals surface area contributed by atoms with Gasteiger partial charge in [-0.15, -0.1) is 0 Å². The Labute approximate surface area is 242 Å². The van der Waals surface area contributed by atoms with Crippen molar-refractivity contribution in [3.05, 3.63) is 113 Å². The summed E-state index contributed by atoms with van der Waals surface area (Å²) in [5.74, 6) is 6.46. The maximum absolute atomic E-state index is 15.8. The van der Waals surface area contributed by atoms with Gasteiger partial charge < -0.3 is 10.2 Å². The van der Waals surface area contributed by atoms with Crippen LogP contribution in [0.2, 0.25) is 0 Å². The van der Waals surface area contributed by atoms with E-state index in [2.05, 4.69) is 48.2 Å². The first-order valence-corrected chi connectivity index (χ1v) is 14.1. The molecule has 2 heterocycles. The maximum atomic E-state index is 15.8. The summed E-state index contributed by atoms with van der Waals surface area (Å²) in [7, 11) is 0. The highest BCUT2D eigenvalue weighted by Crippen LogP contribution is 2.43. The summed E-state index contributed by atoms with van der Waals surface area (Å²) >= 11 is 0. The molecule has 1 N–H and O–H groups in total. The summed E-state index contributed by atoms with van der Waals surface area (Å²) in [4.78, 5) is 2.10. The highest BCUT2D eigenvalue weighted by molar-refractivity contribution is 5.96. The highest BCUT2D eigenvalue weighted by atomic mass is 19.1. The number of fused-ring (bicyclic) bond motifs is 1. The number of halogens is 2. The van der Waals surface area contributed by atoms with Crippen LogP contribution in [0.5, 0.6) is 0 Å². The molecule has 3 aromatic carbocycles. The van der Waals surface area contributed by atoms with E-state index in [1.807, 2.05) is 38.1 Å². The molecule has 1 fully saturated rings. The van der Waals surface area contributed by atoms with Crippen LogP contribution >= 0.6 is 0 Å². The molecule has 208 valence electrons. The van der Waals surface area contributed by atoms with Gasteiger partial charge in [0, 0.05) is 36.8 Å². The lowest BCUT2D eigenvalue weighted by Gasteiger charge is -2.27. The molecule has 2 aliphatic heterocycles. The van der Waals surface area contributed by atoms with Crippen LogP contribution in [0, 0.1) is 40.7 Å². The van der Waals surface area contributed by atoms with Gasteiger partial charge in [0.2, 0.25) is 0 Å². The highest BCUT2D eigenvalue weighted by Gasteiger charge is 2.30. The normalized spacial score (nSPS) is 15.3. The van der Waals surface area contributed by atoms with Gasteiger partial charge in [0.25, 0.3) is 0 Å². The second-order valence-electron chi connectivity index (χ2n) is 9.97. The van der Waals surface area contributed by atoms with E-state index in [9.17, 15) is 9.65 Å². The summed E-state index contributed by atoms with van der Waals surface area (Å²) in [5.41, 5.74) is 6.74. The average molecular weight is 548 g/mol. The molecule has 1 saturated heterocycles. The zero-order valence-corrected chi connectivity index (χ0v) is 24.0. The summed E-state index contributed by atoms with van der Waals surface area (Å²) in [6, 6.07) is 18.0. The first-order valence-electron chi connectivity index (χ1n) is 14.1. The lowest BCUT2D eigenvalue weighted by Crippen LogP contribution is -2.23. The number of rotatable bonds is 5. The smallest absolute Gasteiger partial charge is 0.148 e. The fourth-order valence-corrected chi connectivity index (χ4v) is 5.23. The van der Waals surface area contributed by atoms with E-state index in [-0.39, 0.29) is 17.2 Å². The molecule has 2 aliphatic rings. The van der Waals surface area contributed by atoms with Crippen molar-refractivity contribution < 1.29 is 8.78 Å². The summed E-state index contributed by atoms with van der Waals surface area (Å²) in [5, 5.41) is 12.6. The predicted octanol–water partition coefficient (Wildman–Crippen LogP) is 8.89. The maximum Gasteiger partial charge on any atom is 0.148 e. The zero-order valence-electron chi connectivity index (χ0n) is 24.0. The number of benzene rings is 3. The van der Waals surface area contributed by atoms with Crippen LogP contribution in [0.15, 0.2) is 85.1 Å². The van der Waals surface area contributed by atoms with Gasteiger partial charge in [0.15, 0.2) is 0 Å². The topological polar surface area (TPSA) is 39.1 Å². The van der Waals surface area contributed by atoms with Gasteiger partial charge in [-0.1, -0.05) is 88.6 Å². The number of nitriles is 1. The second-order valence-corrected chi connectivity index (χ2v) is 9.97. The molecule has 3 nitrogen and oxygen atoms in total. The predicted molar refractivity (Wildman–Crippen MR) is 166 cm³/mol. The summed E-state index contributed by atoms with van der Waals surface area (Å²) < 4.78 is 29.0. The lowest BCUT2D eigenvalue weighted by molar-refractivity contribution is 0.567. The molecule has 41 heavy (non-hydrogen) atoms. The van der Waals surface area contributed by atoms with Gasteiger partial charge in [-0.2, -0.15) is 5.26 Å². The Morgan fingerprint density at radius 2 is 1.73 bits per heavy atom. The van der Waals surface area contributed by atoms with Crippen molar-refractivity contribution in [3.63, 3.8) is 0 Å². The molecule has 1 atom stereocenters. The van der Waals surface area contributed by atoms with E-state index in [1.54, 1.807) is 18.3 Å². The van der Waals surface area contributed by atoms with Gasteiger partial charge in [0.1, 0.15) is 11.6 Å². The van der Waals surface area contributed by atoms with Crippen molar-refractivity contribution in [2.75, 3.05) is 23.3 Å². The Balaban J connectivity index is 0.00000189. The van der Waals surface area contributed by atoms with E-state index in [0.717, 1.165) is 42.6 Å². The standard InChI is InChI=1S/C34H29F2N3.C2H6/c1-4-24-16-17-39(21-24)34-29(33-30(18-32(34)36)23(3)31(20-38-33)22(2)19-37)7-5-6-25-8-10-26(11-9-25)27-12-14-28(35)15-13-27;1-2/h8-15,18,20,24,38H,2-4,6,16-17,21H2,1H3;1-2H3. The quantitative estimate of drug-likeness (QED) is 0.256. The molecular formula is C36H35F2N3. The number of anilines is 2. The molecule has 0 bridgehead atoms. The lowest BCUT2D eigenvalue weighted by atomic mass is 9.89. The van der Waals surface area contributed by atoms with Crippen molar-refractivity contribution in [3.8, 4) is 29.0 Å². The van der Waals surface area contributed by atoms with Crippen molar-refractivity contribution in [1.29, 1.82) is 5.26 Å². The molecule has 0 radical (unpaired) electrons. The van der Waals surface area contributed by atoms with Gasteiger partial charge in [-0.05, 0) is 52.8 Å². The van der Waals surface area contributed by atoms with Crippen LogP contribution in [-0.4, -0.2) is 13.1 Å². The van der Waals surface area contributed by atoms with Gasteiger partial charge in [-0.3, -0.25) is 0 Å². The minimum Gasteiger partial charge on any atom is -0.368 e. The van der Waals surface area contributed by atoms with E-state index in [4.69, 9.17) is 0 Å². The number of hydrogen-bond donors (Lipinski definition) is 1. The Hall–Kier alpha value is -4.61. The molecular weight excluding hydrogens is 512 g/mol. The van der Waals surface area contributed by atoms with Crippen LogP contribution in [0.4, 0.5) is 20.2 Å². The van der Waals surface area contributed by atoms with E-state index in [0.29, 0.717) is 46.0 Å². The van der Waals surface area contributed by atoms with Gasteiger partial charge >= 0.3 is 0 Å². The Morgan fingerprint density at radius 3 is 2.34 bits per heavy atom. The van der Waals surface area contributed by atoms with E-state index in [1.165, 1.54) is 18.2 Å². The molecule has 0 aliphatic carbocycles. The Kier molecular flexibility index (Phi) is 9.43. The fourth-order valence-electron chi connectivity index (χ4n) is 5.23. The third kappa shape index (κ3) is 6.26. The van der Waals surface area contributed by atoms with Crippen LogP contribution in [0.3, 0.4) is 0 Å². The number of allylic oxidation sites excluding steroid dienone is 3. The van der Waals surface area contributed by atoms with Crippen molar-refractivity contribution in [2.45, 2.75) is 40.0 Å². The second kappa shape index (κ2) is 13.2. The first-order chi connectivity index (χ1) is 19.9. The van der Waals surface area contributed by atoms with Crippen LogP contribution < -0.4 is 10.2 Å². The van der Waals surface area contributed by atoms with Crippen molar-refractivity contribution in [1.82, 2.24) is 0 Å². The average Bonchev–Trinajstić information content (AvgIpc) is 3.48. The minimum atomic E-state index is -0.342. The Bertz CT molecular complexity index is 1580. The van der Waals surface area contributed by atoms with E-state index >= 15 is 4.39 Å². The van der Waals surface area contributed by atoms with Crippen LogP contribution in [0.1, 0.15) is 50.3 Å². The fraction of sp³-hybridized carbons (Fsp3) is 0.250. The first kappa shape index (κ1) is 29.4. The minimum absolute atomic E-state index is 0.261. The monoisotopic (exact) mass is 547 g/mol. The third-order valence-corrected chi connectivity index (χ3v) is 7.54. The van der Waals surface area contributed by atoms with Crippen LogP contribution in [0.25, 0.3) is 16.7 Å². The largest absolute Gasteiger partial charge is 0.368 e. The number of nitrogens with zero attached hydrogens (tertiary/aromatic N) is 2. The molecule has 0 aromatic heterocycles. The van der Waals surface area contributed by atoms with Gasteiger partial charge in [0.05, 0.1) is 28.6 Å². The molecule has 0 amide bonds. The molecule has 0 spiro atoms. The molecule has 5 rings (SSSR count).